The molecule has 2 N–H and O–H groups in total. The fraction of sp³-hybridized carbons (Fsp3) is 0.500. The Morgan fingerprint density at radius 3 is 2.61 bits per heavy atom. The van der Waals surface area contributed by atoms with Crippen molar-refractivity contribution in [2.24, 2.45) is 0 Å². The highest BCUT2D eigenvalue weighted by Crippen LogP contribution is 2.36. The number of esters is 1. The van der Waals surface area contributed by atoms with Crippen LogP contribution in [0.2, 0.25) is 0 Å². The smallest absolute Gasteiger partial charge is 0.315 e. The van der Waals surface area contributed by atoms with E-state index in [9.17, 15) is 14.7 Å². The van der Waals surface area contributed by atoms with Crippen LogP contribution in [-0.2, 0) is 20.7 Å². The number of nitrogens with one attached hydrogen (secondary N) is 1. The molecule has 3 aromatic rings. The number of aryl methyl sites for hydroxylation is 2. The zero-order chi connectivity index (χ0) is 29.4. The molecule has 1 atom stereocenters. The Morgan fingerprint density at radius 2 is 1.90 bits per heavy atom. The molecule has 220 valence electrons. The Balaban J connectivity index is 1.44. The molecule has 1 aliphatic rings. The van der Waals surface area contributed by atoms with Crippen LogP contribution < -0.4 is 14.8 Å². The van der Waals surface area contributed by atoms with Crippen LogP contribution in [0.5, 0.6) is 11.6 Å². The van der Waals surface area contributed by atoms with E-state index in [1.54, 1.807) is 20.1 Å². The topological polar surface area (TPSA) is 146 Å². The molecule has 0 spiro atoms. The maximum Gasteiger partial charge on any atom is 0.315 e. The molecule has 1 saturated carbocycles. The van der Waals surface area contributed by atoms with E-state index in [1.165, 1.54) is 12.8 Å². The minimum Gasteiger partial charge on any atom is -0.490 e. The van der Waals surface area contributed by atoms with E-state index in [4.69, 9.17) is 18.7 Å². The summed E-state index contributed by atoms with van der Waals surface area (Å²) in [6, 6.07) is 7.68. The maximum absolute atomic E-state index is 11.8. The van der Waals surface area contributed by atoms with Gasteiger partial charge in [-0.1, -0.05) is 24.9 Å². The molecule has 2 aromatic heterocycles. The molecule has 11 nitrogen and oxygen atoms in total. The van der Waals surface area contributed by atoms with Gasteiger partial charge in [0, 0.05) is 35.3 Å². The summed E-state index contributed by atoms with van der Waals surface area (Å²) in [6.07, 6.45) is 3.96. The Morgan fingerprint density at radius 1 is 1.12 bits per heavy atom. The van der Waals surface area contributed by atoms with Crippen molar-refractivity contribution in [1.29, 1.82) is 0 Å². The molecule has 0 aliphatic heterocycles. The van der Waals surface area contributed by atoms with E-state index in [2.05, 4.69) is 20.4 Å². The Kier molecular flexibility index (Phi) is 10.3. The number of pyridine rings is 1. The van der Waals surface area contributed by atoms with Crippen molar-refractivity contribution in [2.45, 2.75) is 71.3 Å². The van der Waals surface area contributed by atoms with E-state index >= 15 is 0 Å². The standard InChI is InChI=1S/C30H38N4O7/c1-5-19-12-21(11-18(3)28(19)40-17-23(35)16-31-25(36)15-27(37)39-6-2)29-33-30(41-34-29)22-13-24(20-9-7-8-10-20)32-26(14-22)38-4/h11-14,20,23,35H,5-10,15-17H2,1-4H3,(H,31,36)/t23-/m0/s1. The zero-order valence-corrected chi connectivity index (χ0v) is 24.1. The number of benzene rings is 1. The summed E-state index contributed by atoms with van der Waals surface area (Å²) in [5, 5.41) is 17.1. The highest BCUT2D eigenvalue weighted by atomic mass is 16.5. The molecule has 41 heavy (non-hydrogen) atoms. The summed E-state index contributed by atoms with van der Waals surface area (Å²) in [4.78, 5) is 32.6. The molecule has 0 bridgehead atoms. The predicted molar refractivity (Wildman–Crippen MR) is 151 cm³/mol. The number of nitrogens with zero attached hydrogens (tertiary/aromatic N) is 3. The van der Waals surface area contributed by atoms with Crippen molar-refractivity contribution >= 4 is 11.9 Å². The molecular formula is C30H38N4O7. The predicted octanol–water partition coefficient (Wildman–Crippen LogP) is 4.14. The van der Waals surface area contributed by atoms with Gasteiger partial charge in [0.05, 0.1) is 13.7 Å². The van der Waals surface area contributed by atoms with Crippen LogP contribution >= 0.6 is 0 Å². The summed E-state index contributed by atoms with van der Waals surface area (Å²) >= 11 is 0. The highest BCUT2D eigenvalue weighted by molar-refractivity contribution is 5.94. The number of aliphatic hydroxyl groups excluding tert-OH is 1. The van der Waals surface area contributed by atoms with E-state index in [1.807, 2.05) is 32.0 Å². The SMILES string of the molecule is CCOC(=O)CC(=O)NC[C@H](O)COc1c(C)cc(-c2noc(-c3cc(OC)nc(C4CCCC4)c3)n2)cc1CC. The van der Waals surface area contributed by atoms with Crippen molar-refractivity contribution in [3.63, 3.8) is 0 Å². The average Bonchev–Trinajstić information content (AvgIpc) is 3.68. The number of rotatable bonds is 13. The van der Waals surface area contributed by atoms with Gasteiger partial charge in [-0.25, -0.2) is 4.98 Å². The van der Waals surface area contributed by atoms with E-state index in [-0.39, 0.29) is 19.8 Å². The first-order valence-corrected chi connectivity index (χ1v) is 14.1. The van der Waals surface area contributed by atoms with Crippen LogP contribution in [-0.4, -0.2) is 65.1 Å². The molecule has 0 radical (unpaired) electrons. The van der Waals surface area contributed by atoms with Gasteiger partial charge in [0.25, 0.3) is 5.89 Å². The van der Waals surface area contributed by atoms with Crippen LogP contribution in [0.25, 0.3) is 22.8 Å². The second-order valence-electron chi connectivity index (χ2n) is 10.1. The first kappa shape index (κ1) is 30.0. The summed E-state index contributed by atoms with van der Waals surface area (Å²) in [5.41, 5.74) is 4.30. The van der Waals surface area contributed by atoms with E-state index in [0.29, 0.717) is 35.7 Å². The van der Waals surface area contributed by atoms with Gasteiger partial charge in [-0.15, -0.1) is 0 Å². The van der Waals surface area contributed by atoms with Gasteiger partial charge in [0.15, 0.2) is 0 Å². The summed E-state index contributed by atoms with van der Waals surface area (Å²) < 4.78 is 21.8. The number of aliphatic hydroxyl groups is 1. The van der Waals surface area contributed by atoms with Gasteiger partial charge in [0.1, 0.15) is 24.9 Å². The second kappa shape index (κ2) is 14.1. The van der Waals surface area contributed by atoms with Crippen molar-refractivity contribution in [1.82, 2.24) is 20.4 Å². The summed E-state index contributed by atoms with van der Waals surface area (Å²) in [5.74, 6) is 1.30. The second-order valence-corrected chi connectivity index (χ2v) is 10.1. The van der Waals surface area contributed by atoms with Gasteiger partial charge in [0.2, 0.25) is 17.6 Å². The Labute approximate surface area is 239 Å². The highest BCUT2D eigenvalue weighted by Gasteiger charge is 2.22. The number of methoxy groups -OCH3 is 1. The van der Waals surface area contributed by atoms with Crippen LogP contribution in [0.4, 0.5) is 0 Å². The molecule has 1 aliphatic carbocycles. The number of hydrogen-bond donors (Lipinski definition) is 2. The van der Waals surface area contributed by atoms with Crippen molar-refractivity contribution in [3.05, 3.63) is 41.1 Å². The molecule has 1 fully saturated rings. The number of ether oxygens (including phenoxy) is 3. The number of aromatic nitrogens is 3. The first-order valence-electron chi connectivity index (χ1n) is 14.1. The molecular weight excluding hydrogens is 528 g/mol. The zero-order valence-electron chi connectivity index (χ0n) is 24.1. The van der Waals surface area contributed by atoms with Crippen molar-refractivity contribution in [2.75, 3.05) is 26.9 Å². The molecule has 4 rings (SSSR count). The quantitative estimate of drug-likeness (QED) is 0.229. The Hall–Kier alpha value is -3.99. The molecule has 0 unspecified atom stereocenters. The fourth-order valence-corrected chi connectivity index (χ4v) is 4.96. The first-order chi connectivity index (χ1) is 19.8. The molecule has 2 heterocycles. The minimum atomic E-state index is -0.962. The van der Waals surface area contributed by atoms with Crippen molar-refractivity contribution in [3.8, 4) is 34.5 Å². The van der Waals surface area contributed by atoms with Gasteiger partial charge in [-0.05, 0) is 62.4 Å². The van der Waals surface area contributed by atoms with E-state index in [0.717, 1.165) is 40.8 Å². The van der Waals surface area contributed by atoms with Crippen LogP contribution in [0.15, 0.2) is 28.8 Å². The number of carbonyl (C=O) groups excluding carboxylic acids is 2. The average molecular weight is 567 g/mol. The van der Waals surface area contributed by atoms with Crippen LogP contribution in [0.1, 0.15) is 68.7 Å². The summed E-state index contributed by atoms with van der Waals surface area (Å²) in [7, 11) is 1.60. The van der Waals surface area contributed by atoms with E-state index < -0.39 is 24.4 Å². The molecule has 11 heteroatoms. The third kappa shape index (κ3) is 7.81. The normalized spacial score (nSPS) is 14.1. The number of hydrogen-bond acceptors (Lipinski definition) is 10. The molecule has 0 saturated heterocycles. The molecule has 1 amide bonds. The maximum atomic E-state index is 11.8. The lowest BCUT2D eigenvalue weighted by molar-refractivity contribution is -0.146. The largest absolute Gasteiger partial charge is 0.490 e. The number of amides is 1. The van der Waals surface area contributed by atoms with Crippen LogP contribution in [0, 0.1) is 6.92 Å². The van der Waals surface area contributed by atoms with Gasteiger partial charge >= 0.3 is 5.97 Å². The summed E-state index contributed by atoms with van der Waals surface area (Å²) in [6.45, 7) is 5.70. The lowest BCUT2D eigenvalue weighted by atomic mass is 10.0. The lowest BCUT2D eigenvalue weighted by Crippen LogP contribution is -2.36. The third-order valence-electron chi connectivity index (χ3n) is 7.03. The minimum absolute atomic E-state index is 0.0353. The van der Waals surface area contributed by atoms with Crippen molar-refractivity contribution < 1.29 is 33.4 Å². The third-order valence-corrected chi connectivity index (χ3v) is 7.03. The Bertz CT molecular complexity index is 1350. The monoisotopic (exact) mass is 566 g/mol. The number of carbonyl (C=O) groups is 2. The van der Waals surface area contributed by atoms with Gasteiger partial charge < -0.3 is 29.2 Å². The fourth-order valence-electron chi connectivity index (χ4n) is 4.96. The van der Waals surface area contributed by atoms with Gasteiger partial charge in [-0.3, -0.25) is 9.59 Å². The molecule has 1 aromatic carbocycles. The van der Waals surface area contributed by atoms with Crippen LogP contribution in [0.3, 0.4) is 0 Å². The lowest BCUT2D eigenvalue weighted by Gasteiger charge is -2.17. The van der Waals surface area contributed by atoms with Gasteiger partial charge in [-0.2, -0.15) is 4.98 Å².